The van der Waals surface area contributed by atoms with E-state index in [0.717, 1.165) is 58.2 Å². The molecule has 0 saturated heterocycles. The number of hydrogen-bond donors (Lipinski definition) is 2. The van der Waals surface area contributed by atoms with Crippen LogP contribution in [0.3, 0.4) is 0 Å². The second kappa shape index (κ2) is 5.70. The van der Waals surface area contributed by atoms with E-state index in [4.69, 9.17) is 9.26 Å². The van der Waals surface area contributed by atoms with E-state index in [2.05, 4.69) is 32.3 Å². The number of nitrogens with one attached hydrogen (secondary N) is 2. The van der Waals surface area contributed by atoms with E-state index >= 15 is 0 Å². The van der Waals surface area contributed by atoms with Crippen LogP contribution in [-0.2, 0) is 18.5 Å². The zero-order chi connectivity index (χ0) is 20.7. The van der Waals surface area contributed by atoms with E-state index in [-0.39, 0.29) is 11.1 Å². The summed E-state index contributed by atoms with van der Waals surface area (Å²) in [6, 6.07) is 7.67. The van der Waals surface area contributed by atoms with Gasteiger partial charge in [-0.1, -0.05) is 12.1 Å². The number of H-pyrrole nitrogens is 1. The molecule has 0 radical (unpaired) electrons. The van der Waals surface area contributed by atoms with Gasteiger partial charge in [-0.15, -0.1) is 0 Å². The molecule has 1 aromatic carbocycles. The van der Waals surface area contributed by atoms with Gasteiger partial charge >= 0.3 is 5.69 Å². The third-order valence-corrected chi connectivity index (χ3v) is 6.50. The molecule has 5 aromatic rings. The van der Waals surface area contributed by atoms with Crippen molar-refractivity contribution < 1.29 is 9.26 Å². The third-order valence-electron chi connectivity index (χ3n) is 6.50. The number of hydrogen-bond acceptors (Lipinski definition) is 7. The van der Waals surface area contributed by atoms with Crippen LogP contribution in [-0.4, -0.2) is 24.5 Å². The fourth-order valence-corrected chi connectivity index (χ4v) is 4.52. The quantitative estimate of drug-likeness (QED) is 0.467. The van der Waals surface area contributed by atoms with Gasteiger partial charge in [-0.05, 0) is 37.1 Å². The Balaban J connectivity index is 1.42. The minimum absolute atomic E-state index is 0.0143. The molecule has 7 rings (SSSR count). The van der Waals surface area contributed by atoms with Crippen molar-refractivity contribution in [2.24, 2.45) is 0 Å². The van der Waals surface area contributed by atoms with E-state index in [1.54, 1.807) is 4.40 Å². The summed E-state index contributed by atoms with van der Waals surface area (Å²) < 4.78 is 13.4. The minimum Gasteiger partial charge on any atom is -0.439 e. The molecule has 2 aliphatic rings. The lowest BCUT2D eigenvalue weighted by atomic mass is 10.0. The SMILES string of the molecule is CC1(c2onc3[nH]c(=O)n4c5ccc(Oc6ncnc7c6CNC7)cc5cc4c23)CC1. The molecule has 9 nitrogen and oxygen atoms in total. The van der Waals surface area contributed by atoms with Crippen LogP contribution in [0.2, 0.25) is 0 Å². The van der Waals surface area contributed by atoms with Gasteiger partial charge < -0.3 is 14.6 Å². The van der Waals surface area contributed by atoms with Crippen LogP contribution in [0.1, 0.15) is 36.8 Å². The van der Waals surface area contributed by atoms with Crippen molar-refractivity contribution in [1.82, 2.24) is 29.8 Å². The monoisotopic (exact) mass is 414 g/mol. The lowest BCUT2D eigenvalue weighted by Gasteiger charge is -2.08. The molecule has 1 aliphatic carbocycles. The van der Waals surface area contributed by atoms with Gasteiger partial charge in [0.15, 0.2) is 11.4 Å². The van der Waals surface area contributed by atoms with Gasteiger partial charge in [-0.2, -0.15) is 0 Å². The van der Waals surface area contributed by atoms with E-state index in [1.807, 2.05) is 24.3 Å². The zero-order valence-electron chi connectivity index (χ0n) is 16.7. The molecule has 1 saturated carbocycles. The number of rotatable bonds is 3. The average Bonchev–Trinajstić information content (AvgIpc) is 3.16. The predicted molar refractivity (Wildman–Crippen MR) is 112 cm³/mol. The average molecular weight is 414 g/mol. The highest BCUT2D eigenvalue weighted by molar-refractivity contribution is 6.01. The van der Waals surface area contributed by atoms with Crippen LogP contribution >= 0.6 is 0 Å². The Kier molecular flexibility index (Phi) is 3.13. The van der Waals surface area contributed by atoms with E-state index < -0.39 is 0 Å². The second-order valence-electron chi connectivity index (χ2n) is 8.62. The highest BCUT2D eigenvalue weighted by Gasteiger charge is 2.44. The van der Waals surface area contributed by atoms with Crippen LogP contribution in [0, 0.1) is 0 Å². The summed E-state index contributed by atoms with van der Waals surface area (Å²) in [5.74, 6) is 2.05. The molecule has 31 heavy (non-hydrogen) atoms. The first kappa shape index (κ1) is 17.0. The Labute approximate surface area is 175 Å². The van der Waals surface area contributed by atoms with Crippen molar-refractivity contribution in [1.29, 1.82) is 0 Å². The molecule has 1 fully saturated rings. The molecule has 5 heterocycles. The van der Waals surface area contributed by atoms with Crippen molar-refractivity contribution in [3.05, 3.63) is 58.1 Å². The lowest BCUT2D eigenvalue weighted by molar-refractivity contribution is 0.366. The smallest absolute Gasteiger partial charge is 0.332 e. The summed E-state index contributed by atoms with van der Waals surface area (Å²) in [7, 11) is 0. The zero-order valence-corrected chi connectivity index (χ0v) is 16.7. The molecule has 9 heteroatoms. The number of fused-ring (bicyclic) bond motifs is 6. The highest BCUT2D eigenvalue weighted by atomic mass is 16.5. The normalized spacial score (nSPS) is 16.9. The lowest BCUT2D eigenvalue weighted by Crippen LogP contribution is -2.16. The molecule has 0 atom stereocenters. The Morgan fingerprint density at radius 2 is 2.06 bits per heavy atom. The first-order valence-electron chi connectivity index (χ1n) is 10.3. The Morgan fingerprint density at radius 1 is 1.16 bits per heavy atom. The highest BCUT2D eigenvalue weighted by Crippen LogP contribution is 2.50. The van der Waals surface area contributed by atoms with Crippen LogP contribution in [0.5, 0.6) is 11.6 Å². The molecular weight excluding hydrogens is 396 g/mol. The van der Waals surface area contributed by atoms with Crippen LogP contribution in [0.4, 0.5) is 0 Å². The molecule has 154 valence electrons. The van der Waals surface area contributed by atoms with Gasteiger partial charge in [0.2, 0.25) is 5.88 Å². The fraction of sp³-hybridized carbons (Fsp3) is 0.273. The van der Waals surface area contributed by atoms with Crippen LogP contribution in [0.15, 0.2) is 39.9 Å². The number of aromatic nitrogens is 5. The molecule has 2 N–H and O–H groups in total. The largest absolute Gasteiger partial charge is 0.439 e. The number of nitrogens with zero attached hydrogens (tertiary/aromatic N) is 4. The summed E-state index contributed by atoms with van der Waals surface area (Å²) in [6.45, 7) is 3.57. The number of ether oxygens (including phenoxy) is 1. The molecule has 0 unspecified atom stereocenters. The van der Waals surface area contributed by atoms with Crippen molar-refractivity contribution in [2.45, 2.75) is 38.3 Å². The first-order chi connectivity index (χ1) is 15.1. The van der Waals surface area contributed by atoms with Crippen LogP contribution < -0.4 is 15.7 Å². The van der Waals surface area contributed by atoms with Crippen molar-refractivity contribution >= 4 is 27.5 Å². The fourth-order valence-electron chi connectivity index (χ4n) is 4.52. The topological polar surface area (TPSA) is 110 Å². The third kappa shape index (κ3) is 2.35. The summed E-state index contributed by atoms with van der Waals surface area (Å²) in [6.07, 6.45) is 3.63. The van der Waals surface area contributed by atoms with Crippen molar-refractivity contribution in [3.8, 4) is 11.6 Å². The number of benzene rings is 1. The van der Waals surface area contributed by atoms with Gasteiger partial charge in [0.05, 0.1) is 27.7 Å². The summed E-state index contributed by atoms with van der Waals surface area (Å²) >= 11 is 0. The number of aromatic amines is 1. The molecule has 0 amide bonds. The Hall–Kier alpha value is -3.72. The minimum atomic E-state index is -0.244. The predicted octanol–water partition coefficient (Wildman–Crippen LogP) is 3.16. The first-order valence-corrected chi connectivity index (χ1v) is 10.3. The van der Waals surface area contributed by atoms with Crippen molar-refractivity contribution in [2.75, 3.05) is 0 Å². The molecule has 0 spiro atoms. The van der Waals surface area contributed by atoms with E-state index in [0.29, 0.717) is 23.8 Å². The van der Waals surface area contributed by atoms with Gasteiger partial charge in [-0.25, -0.2) is 14.8 Å². The van der Waals surface area contributed by atoms with Crippen LogP contribution in [0.25, 0.3) is 27.5 Å². The van der Waals surface area contributed by atoms with Gasteiger partial charge in [-0.3, -0.25) is 9.38 Å². The van der Waals surface area contributed by atoms with E-state index in [1.165, 1.54) is 6.33 Å². The Morgan fingerprint density at radius 3 is 2.94 bits per heavy atom. The van der Waals surface area contributed by atoms with Crippen molar-refractivity contribution in [3.63, 3.8) is 0 Å². The summed E-state index contributed by atoms with van der Waals surface area (Å²) in [4.78, 5) is 24.3. The van der Waals surface area contributed by atoms with Gasteiger partial charge in [0.25, 0.3) is 0 Å². The van der Waals surface area contributed by atoms with E-state index in [9.17, 15) is 4.79 Å². The second-order valence-corrected chi connectivity index (χ2v) is 8.62. The molecular formula is C22H18N6O3. The molecule has 4 aromatic heterocycles. The maximum absolute atomic E-state index is 12.8. The Bertz CT molecular complexity index is 1590. The maximum Gasteiger partial charge on any atom is 0.332 e. The summed E-state index contributed by atoms with van der Waals surface area (Å²) in [5.41, 5.74) is 3.77. The maximum atomic E-state index is 12.8. The van der Waals surface area contributed by atoms with Gasteiger partial charge in [0.1, 0.15) is 12.1 Å². The van der Waals surface area contributed by atoms with Gasteiger partial charge in [0, 0.05) is 23.9 Å². The molecule has 1 aliphatic heterocycles. The molecule has 0 bridgehead atoms. The summed E-state index contributed by atoms with van der Waals surface area (Å²) in [5, 5.41) is 9.16. The standard InChI is InChI=1S/C22H18N6O3/c1-22(4-5-22)18-17-16-7-11-6-12(30-20-13-8-23-9-14(13)24-10-25-20)2-3-15(11)28(16)21(29)26-19(17)27-31-18/h2-3,6-7,10,23H,4-5,8-9H2,1H3,(H,26,27,29).